The monoisotopic (exact) mass is 261 g/mol. The molecule has 0 aliphatic carbocycles. The number of morpholine rings is 1. The Labute approximate surface area is 110 Å². The molecule has 0 aromatic heterocycles. The summed E-state index contributed by atoms with van der Waals surface area (Å²) in [4.78, 5) is 25.2. The van der Waals surface area contributed by atoms with Crippen molar-refractivity contribution in [1.82, 2.24) is 4.90 Å². The van der Waals surface area contributed by atoms with E-state index in [1.54, 1.807) is 12.1 Å². The lowest BCUT2D eigenvalue weighted by Gasteiger charge is -2.34. The van der Waals surface area contributed by atoms with E-state index in [9.17, 15) is 9.59 Å². The Hall–Kier alpha value is -1.88. The van der Waals surface area contributed by atoms with Crippen molar-refractivity contribution in [3.63, 3.8) is 0 Å². The van der Waals surface area contributed by atoms with E-state index >= 15 is 0 Å². The largest absolute Gasteiger partial charge is 0.478 e. The van der Waals surface area contributed by atoms with Crippen molar-refractivity contribution in [3.05, 3.63) is 35.4 Å². The number of benzene rings is 1. The molecule has 3 rings (SSSR count). The highest BCUT2D eigenvalue weighted by Crippen LogP contribution is 2.30. The van der Waals surface area contributed by atoms with Crippen LogP contribution in [0.25, 0.3) is 0 Å². The van der Waals surface area contributed by atoms with Gasteiger partial charge in [-0.15, -0.1) is 0 Å². The second kappa shape index (κ2) is 4.66. The Bertz CT molecular complexity index is 495. The molecule has 2 aliphatic heterocycles. The van der Waals surface area contributed by atoms with Crippen LogP contribution in [0.1, 0.15) is 33.6 Å². The molecular formula is C14H15NO4. The number of aromatic carboxylic acids is 1. The van der Waals surface area contributed by atoms with Gasteiger partial charge in [0.05, 0.1) is 30.9 Å². The summed E-state index contributed by atoms with van der Waals surface area (Å²) in [5.41, 5.74) is 0.741. The van der Waals surface area contributed by atoms with Crippen molar-refractivity contribution in [2.75, 3.05) is 13.2 Å². The number of fused-ring (bicyclic) bond motifs is 2. The van der Waals surface area contributed by atoms with Crippen LogP contribution in [0, 0.1) is 0 Å². The molecule has 0 radical (unpaired) electrons. The van der Waals surface area contributed by atoms with Gasteiger partial charge in [-0.05, 0) is 37.1 Å². The summed E-state index contributed by atoms with van der Waals surface area (Å²) < 4.78 is 5.45. The van der Waals surface area contributed by atoms with Crippen LogP contribution in [0.2, 0.25) is 0 Å². The SMILES string of the molecule is O=C(O)c1ccc(C(=O)N2C3CCC2COC3)cc1. The molecule has 0 saturated carbocycles. The first-order valence-electron chi connectivity index (χ1n) is 6.40. The van der Waals surface area contributed by atoms with Gasteiger partial charge in [0.25, 0.3) is 5.91 Å². The molecule has 2 heterocycles. The molecular weight excluding hydrogens is 246 g/mol. The zero-order chi connectivity index (χ0) is 13.4. The molecule has 5 nitrogen and oxygen atoms in total. The number of carboxylic acids is 1. The molecule has 0 spiro atoms. The third-order valence-corrected chi connectivity index (χ3v) is 3.85. The second-order valence-corrected chi connectivity index (χ2v) is 5.02. The van der Waals surface area contributed by atoms with Crippen molar-refractivity contribution in [2.24, 2.45) is 0 Å². The Balaban J connectivity index is 1.82. The number of ether oxygens (including phenoxy) is 1. The summed E-state index contributed by atoms with van der Waals surface area (Å²) in [7, 11) is 0. The summed E-state index contributed by atoms with van der Waals surface area (Å²) in [5.74, 6) is -1.00. The molecule has 2 bridgehead atoms. The van der Waals surface area contributed by atoms with Crippen molar-refractivity contribution >= 4 is 11.9 Å². The van der Waals surface area contributed by atoms with Gasteiger partial charge in [-0.1, -0.05) is 0 Å². The maximum absolute atomic E-state index is 12.5. The van der Waals surface area contributed by atoms with Crippen LogP contribution in [0.3, 0.4) is 0 Å². The summed E-state index contributed by atoms with van der Waals surface area (Å²) >= 11 is 0. The smallest absolute Gasteiger partial charge is 0.335 e. The standard InChI is InChI=1S/C14H15NO4/c16-13(9-1-3-10(4-2-9)14(17)18)15-11-5-6-12(15)8-19-7-11/h1-4,11-12H,5-8H2,(H,17,18). The van der Waals surface area contributed by atoms with E-state index in [1.807, 2.05) is 4.90 Å². The molecule has 2 saturated heterocycles. The van der Waals surface area contributed by atoms with Gasteiger partial charge in [0.15, 0.2) is 0 Å². The van der Waals surface area contributed by atoms with Crippen LogP contribution in [0.4, 0.5) is 0 Å². The Kier molecular flexibility index (Phi) is 2.98. The van der Waals surface area contributed by atoms with Gasteiger partial charge in [0.1, 0.15) is 0 Å². The summed E-state index contributed by atoms with van der Waals surface area (Å²) in [6.07, 6.45) is 1.98. The minimum atomic E-state index is -0.981. The number of rotatable bonds is 2. The average molecular weight is 261 g/mol. The van der Waals surface area contributed by atoms with Crippen LogP contribution in [0.15, 0.2) is 24.3 Å². The third-order valence-electron chi connectivity index (χ3n) is 3.85. The lowest BCUT2D eigenvalue weighted by atomic mass is 10.1. The number of carbonyl (C=O) groups excluding carboxylic acids is 1. The number of hydrogen-bond acceptors (Lipinski definition) is 3. The molecule has 1 N–H and O–H groups in total. The molecule has 2 atom stereocenters. The zero-order valence-electron chi connectivity index (χ0n) is 10.4. The van der Waals surface area contributed by atoms with E-state index in [2.05, 4.69) is 0 Å². The van der Waals surface area contributed by atoms with Crippen LogP contribution in [-0.4, -0.2) is 47.2 Å². The number of nitrogens with zero attached hydrogens (tertiary/aromatic N) is 1. The maximum atomic E-state index is 12.5. The first-order chi connectivity index (χ1) is 9.16. The average Bonchev–Trinajstić information content (AvgIpc) is 2.67. The normalized spacial score (nSPS) is 25.4. The van der Waals surface area contributed by atoms with E-state index in [0.29, 0.717) is 18.8 Å². The topological polar surface area (TPSA) is 66.8 Å². The molecule has 1 aromatic carbocycles. The van der Waals surface area contributed by atoms with Gasteiger partial charge < -0.3 is 14.7 Å². The Morgan fingerprint density at radius 1 is 1.05 bits per heavy atom. The first kappa shape index (κ1) is 12.2. The van der Waals surface area contributed by atoms with Gasteiger partial charge in [0.2, 0.25) is 0 Å². The highest BCUT2D eigenvalue weighted by atomic mass is 16.5. The van der Waals surface area contributed by atoms with E-state index < -0.39 is 5.97 Å². The lowest BCUT2D eigenvalue weighted by molar-refractivity contribution is -0.00716. The number of carboxylic acid groups (broad SMARTS) is 1. The molecule has 1 amide bonds. The second-order valence-electron chi connectivity index (χ2n) is 5.02. The summed E-state index contributed by atoms with van der Waals surface area (Å²) in [5, 5.41) is 8.85. The van der Waals surface area contributed by atoms with E-state index in [0.717, 1.165) is 12.8 Å². The fraction of sp³-hybridized carbons (Fsp3) is 0.429. The Morgan fingerprint density at radius 3 is 2.11 bits per heavy atom. The maximum Gasteiger partial charge on any atom is 0.335 e. The molecule has 2 fully saturated rings. The minimum Gasteiger partial charge on any atom is -0.478 e. The number of hydrogen-bond donors (Lipinski definition) is 1. The van der Waals surface area contributed by atoms with Crippen molar-refractivity contribution < 1.29 is 19.4 Å². The quantitative estimate of drug-likeness (QED) is 0.873. The molecule has 1 aromatic rings. The van der Waals surface area contributed by atoms with Crippen molar-refractivity contribution in [2.45, 2.75) is 24.9 Å². The molecule has 2 unspecified atom stereocenters. The summed E-state index contributed by atoms with van der Waals surface area (Å²) in [6, 6.07) is 6.45. The fourth-order valence-corrected chi connectivity index (χ4v) is 2.86. The van der Waals surface area contributed by atoms with Crippen LogP contribution < -0.4 is 0 Å². The molecule has 2 aliphatic rings. The van der Waals surface area contributed by atoms with Crippen LogP contribution in [0.5, 0.6) is 0 Å². The number of carbonyl (C=O) groups is 2. The lowest BCUT2D eigenvalue weighted by Crippen LogP contribution is -2.49. The highest BCUT2D eigenvalue weighted by Gasteiger charge is 2.40. The van der Waals surface area contributed by atoms with Crippen molar-refractivity contribution in [3.8, 4) is 0 Å². The van der Waals surface area contributed by atoms with Crippen molar-refractivity contribution in [1.29, 1.82) is 0 Å². The van der Waals surface area contributed by atoms with Gasteiger partial charge in [-0.3, -0.25) is 4.79 Å². The van der Waals surface area contributed by atoms with Crippen LogP contribution in [-0.2, 0) is 4.74 Å². The molecule has 100 valence electrons. The molecule has 19 heavy (non-hydrogen) atoms. The Morgan fingerprint density at radius 2 is 1.58 bits per heavy atom. The predicted molar refractivity (Wildman–Crippen MR) is 67.2 cm³/mol. The van der Waals surface area contributed by atoms with Gasteiger partial charge >= 0.3 is 5.97 Å². The van der Waals surface area contributed by atoms with E-state index in [-0.39, 0.29) is 23.6 Å². The zero-order valence-corrected chi connectivity index (χ0v) is 10.4. The van der Waals surface area contributed by atoms with Gasteiger partial charge in [0, 0.05) is 5.56 Å². The highest BCUT2D eigenvalue weighted by molar-refractivity contribution is 5.96. The van der Waals surface area contributed by atoms with E-state index in [1.165, 1.54) is 12.1 Å². The van der Waals surface area contributed by atoms with E-state index in [4.69, 9.17) is 9.84 Å². The summed E-state index contributed by atoms with van der Waals surface area (Å²) in [6.45, 7) is 1.21. The minimum absolute atomic E-state index is 0.0206. The fourth-order valence-electron chi connectivity index (χ4n) is 2.86. The van der Waals surface area contributed by atoms with Gasteiger partial charge in [-0.2, -0.15) is 0 Å². The first-order valence-corrected chi connectivity index (χ1v) is 6.40. The third kappa shape index (κ3) is 2.10. The molecule has 5 heteroatoms. The van der Waals surface area contributed by atoms with Gasteiger partial charge in [-0.25, -0.2) is 4.79 Å². The number of amides is 1. The van der Waals surface area contributed by atoms with Crippen LogP contribution >= 0.6 is 0 Å². The predicted octanol–water partition coefficient (Wildman–Crippen LogP) is 1.39.